The number of aliphatic imine (C=N–C) groups is 1. The predicted molar refractivity (Wildman–Crippen MR) is 120 cm³/mol. The van der Waals surface area contributed by atoms with Crippen molar-refractivity contribution in [3.63, 3.8) is 0 Å². The van der Waals surface area contributed by atoms with Gasteiger partial charge in [0.05, 0.1) is 19.8 Å². The minimum Gasteiger partial charge on any atom is -0.372 e. The van der Waals surface area contributed by atoms with Crippen LogP contribution in [0.25, 0.3) is 0 Å². The average molecular weight is 409 g/mol. The van der Waals surface area contributed by atoms with Gasteiger partial charge in [0.1, 0.15) is 0 Å². The molecule has 1 fully saturated rings. The van der Waals surface area contributed by atoms with Crippen molar-refractivity contribution in [3.05, 3.63) is 71.3 Å². The number of hydrogen-bond acceptors (Lipinski definition) is 3. The highest BCUT2D eigenvalue weighted by atomic mass is 16.5. The van der Waals surface area contributed by atoms with E-state index in [1.165, 1.54) is 5.56 Å². The molecule has 0 aliphatic carbocycles. The zero-order chi connectivity index (χ0) is 21.2. The summed E-state index contributed by atoms with van der Waals surface area (Å²) in [7, 11) is 0. The van der Waals surface area contributed by atoms with Gasteiger partial charge in [0.15, 0.2) is 5.96 Å². The van der Waals surface area contributed by atoms with Gasteiger partial charge in [0.2, 0.25) is 5.91 Å². The first-order chi connectivity index (χ1) is 14.7. The highest BCUT2D eigenvalue weighted by molar-refractivity contribution is 5.80. The topological polar surface area (TPSA) is 57.2 Å². The molecule has 1 N–H and O–H groups in total. The number of carbonyl (C=O) groups is 1. The first-order valence-corrected chi connectivity index (χ1v) is 10.6. The summed E-state index contributed by atoms with van der Waals surface area (Å²) in [6.45, 7) is 9.43. The van der Waals surface area contributed by atoms with Crippen molar-refractivity contribution >= 4 is 11.9 Å². The van der Waals surface area contributed by atoms with Crippen molar-refractivity contribution < 1.29 is 9.53 Å². The second-order valence-corrected chi connectivity index (χ2v) is 7.46. The van der Waals surface area contributed by atoms with Crippen molar-refractivity contribution in [2.45, 2.75) is 33.6 Å². The predicted octanol–water partition coefficient (Wildman–Crippen LogP) is 3.03. The van der Waals surface area contributed by atoms with Crippen molar-refractivity contribution in [1.82, 2.24) is 15.1 Å². The van der Waals surface area contributed by atoms with E-state index in [-0.39, 0.29) is 5.91 Å². The Balaban J connectivity index is 1.55. The van der Waals surface area contributed by atoms with E-state index in [4.69, 9.17) is 9.73 Å². The number of hydrogen-bond donors (Lipinski definition) is 1. The number of nitrogens with zero attached hydrogens (tertiary/aromatic N) is 3. The summed E-state index contributed by atoms with van der Waals surface area (Å²) in [6, 6.07) is 18.6. The van der Waals surface area contributed by atoms with Crippen molar-refractivity contribution in [1.29, 1.82) is 0 Å². The minimum absolute atomic E-state index is 0.142. The van der Waals surface area contributed by atoms with Crippen LogP contribution in [0, 0.1) is 0 Å². The second-order valence-electron chi connectivity index (χ2n) is 7.46. The lowest BCUT2D eigenvalue weighted by Gasteiger charge is -2.36. The molecular formula is C24H32N4O2. The molecule has 1 amide bonds. The molecule has 6 nitrogen and oxygen atoms in total. The fourth-order valence-electron chi connectivity index (χ4n) is 3.50. The summed E-state index contributed by atoms with van der Waals surface area (Å²) in [4.78, 5) is 20.5. The van der Waals surface area contributed by atoms with Gasteiger partial charge in [-0.15, -0.1) is 0 Å². The number of piperazine rings is 1. The van der Waals surface area contributed by atoms with Gasteiger partial charge in [-0.25, -0.2) is 4.99 Å². The Morgan fingerprint density at radius 3 is 2.27 bits per heavy atom. The molecule has 0 saturated carbocycles. The number of benzene rings is 2. The van der Waals surface area contributed by atoms with E-state index in [2.05, 4.69) is 53.5 Å². The molecule has 1 aliphatic heterocycles. The Labute approximate surface area is 179 Å². The number of amides is 1. The average Bonchev–Trinajstić information content (AvgIpc) is 2.78. The first-order valence-electron chi connectivity index (χ1n) is 10.6. The van der Waals surface area contributed by atoms with Gasteiger partial charge in [0.25, 0.3) is 0 Å². The lowest BCUT2D eigenvalue weighted by atomic mass is 10.1. The van der Waals surface area contributed by atoms with Crippen molar-refractivity contribution in [2.24, 2.45) is 4.99 Å². The molecule has 0 bridgehead atoms. The van der Waals surface area contributed by atoms with Crippen molar-refractivity contribution in [3.8, 4) is 0 Å². The first kappa shape index (κ1) is 21.8. The van der Waals surface area contributed by atoms with E-state index in [1.807, 2.05) is 23.1 Å². The third-order valence-corrected chi connectivity index (χ3v) is 5.14. The summed E-state index contributed by atoms with van der Waals surface area (Å²) >= 11 is 0. The SMILES string of the molecule is CCNC(=NCc1cccc(COCc2ccccc2)c1)N1CCN(C(C)=O)CC1. The van der Waals surface area contributed by atoms with E-state index >= 15 is 0 Å². The Hall–Kier alpha value is -2.86. The van der Waals surface area contributed by atoms with Crippen LogP contribution in [0.2, 0.25) is 0 Å². The molecule has 2 aromatic carbocycles. The Bertz CT molecular complexity index is 830. The van der Waals surface area contributed by atoms with Crippen LogP contribution in [-0.4, -0.2) is 54.4 Å². The van der Waals surface area contributed by atoms with Crippen LogP contribution in [0.4, 0.5) is 0 Å². The minimum atomic E-state index is 0.142. The zero-order valence-corrected chi connectivity index (χ0v) is 18.0. The maximum Gasteiger partial charge on any atom is 0.219 e. The number of guanidine groups is 1. The second kappa shape index (κ2) is 11.4. The van der Waals surface area contributed by atoms with Crippen LogP contribution in [0.3, 0.4) is 0 Å². The third-order valence-electron chi connectivity index (χ3n) is 5.14. The summed E-state index contributed by atoms with van der Waals surface area (Å²) in [5, 5.41) is 3.38. The molecule has 0 unspecified atom stereocenters. The summed E-state index contributed by atoms with van der Waals surface area (Å²) in [5.74, 6) is 1.05. The molecular weight excluding hydrogens is 376 g/mol. The van der Waals surface area contributed by atoms with Gasteiger partial charge < -0.3 is 19.9 Å². The van der Waals surface area contributed by atoms with E-state index < -0.39 is 0 Å². The van der Waals surface area contributed by atoms with Crippen LogP contribution < -0.4 is 5.32 Å². The van der Waals surface area contributed by atoms with Gasteiger partial charge in [-0.3, -0.25) is 4.79 Å². The number of ether oxygens (including phenoxy) is 1. The van der Waals surface area contributed by atoms with E-state index in [1.54, 1.807) is 6.92 Å². The summed E-state index contributed by atoms with van der Waals surface area (Å²) in [6.07, 6.45) is 0. The molecule has 0 radical (unpaired) electrons. The quantitative estimate of drug-likeness (QED) is 0.565. The molecule has 30 heavy (non-hydrogen) atoms. The van der Waals surface area contributed by atoms with Gasteiger partial charge >= 0.3 is 0 Å². The smallest absolute Gasteiger partial charge is 0.219 e. The fourth-order valence-corrected chi connectivity index (χ4v) is 3.50. The third kappa shape index (κ3) is 6.59. The van der Waals surface area contributed by atoms with Gasteiger partial charge in [-0.1, -0.05) is 54.6 Å². The Kier molecular flexibility index (Phi) is 8.27. The molecule has 0 aromatic heterocycles. The molecule has 2 aromatic rings. The molecule has 1 aliphatic rings. The van der Waals surface area contributed by atoms with Crippen LogP contribution in [0.5, 0.6) is 0 Å². The molecule has 1 saturated heterocycles. The molecule has 1 heterocycles. The highest BCUT2D eigenvalue weighted by Gasteiger charge is 2.20. The largest absolute Gasteiger partial charge is 0.372 e. The number of rotatable bonds is 7. The molecule has 0 atom stereocenters. The normalized spacial score (nSPS) is 14.7. The highest BCUT2D eigenvalue weighted by Crippen LogP contribution is 2.11. The fraction of sp³-hybridized carbons (Fsp3) is 0.417. The molecule has 160 valence electrons. The molecule has 0 spiro atoms. The van der Waals surface area contributed by atoms with Crippen LogP contribution >= 0.6 is 0 Å². The number of carbonyl (C=O) groups excluding carboxylic acids is 1. The maximum absolute atomic E-state index is 11.6. The van der Waals surface area contributed by atoms with Crippen molar-refractivity contribution in [2.75, 3.05) is 32.7 Å². The molecule has 3 rings (SSSR count). The lowest BCUT2D eigenvalue weighted by molar-refractivity contribution is -0.130. The Morgan fingerprint density at radius 2 is 1.57 bits per heavy atom. The summed E-state index contributed by atoms with van der Waals surface area (Å²) in [5.41, 5.74) is 3.49. The van der Waals surface area contributed by atoms with Gasteiger partial charge in [-0.2, -0.15) is 0 Å². The number of nitrogens with one attached hydrogen (secondary N) is 1. The van der Waals surface area contributed by atoms with Crippen LogP contribution in [0.15, 0.2) is 59.6 Å². The van der Waals surface area contributed by atoms with Crippen LogP contribution in [-0.2, 0) is 29.3 Å². The Morgan fingerprint density at radius 1 is 0.933 bits per heavy atom. The van der Waals surface area contributed by atoms with E-state index in [0.29, 0.717) is 19.8 Å². The standard InChI is InChI=1S/C24H32N4O2/c1-3-25-24(28-14-12-27(13-15-28)20(2)29)26-17-22-10-7-11-23(16-22)19-30-18-21-8-5-4-6-9-21/h4-11,16H,3,12-15,17-19H2,1-2H3,(H,25,26). The van der Waals surface area contributed by atoms with Crippen LogP contribution in [0.1, 0.15) is 30.5 Å². The zero-order valence-electron chi connectivity index (χ0n) is 18.0. The van der Waals surface area contributed by atoms with Gasteiger partial charge in [-0.05, 0) is 23.6 Å². The van der Waals surface area contributed by atoms with E-state index in [0.717, 1.165) is 49.8 Å². The lowest BCUT2D eigenvalue weighted by Crippen LogP contribution is -2.53. The monoisotopic (exact) mass is 408 g/mol. The molecule has 6 heteroatoms. The summed E-state index contributed by atoms with van der Waals surface area (Å²) < 4.78 is 5.86. The van der Waals surface area contributed by atoms with Gasteiger partial charge in [0, 0.05) is 39.6 Å². The maximum atomic E-state index is 11.6. The van der Waals surface area contributed by atoms with E-state index in [9.17, 15) is 4.79 Å².